The Bertz CT molecular complexity index is 1140. The molecule has 3 heterocycles. The van der Waals surface area contributed by atoms with Gasteiger partial charge in [-0.1, -0.05) is 6.42 Å². The van der Waals surface area contributed by atoms with Gasteiger partial charge in [0.2, 0.25) is 0 Å². The number of ether oxygens (including phenoxy) is 1. The van der Waals surface area contributed by atoms with E-state index in [1.807, 2.05) is 20.8 Å². The summed E-state index contributed by atoms with van der Waals surface area (Å²) in [5, 5.41) is 18.7. The standard InChI is InChI=1S/C28H40N6O5/c1-28(2,3)39-27(36)32-18-12-21(13-19-32)25-24(26(35)29-14-7-17-31-15-5-4-6-16-31)20-30-33(25)22-8-10-23(11-9-22)34(37)38/h8-11,20-21H,4-7,12-19H2,1-3H3,(H,29,35). The van der Waals surface area contributed by atoms with E-state index in [2.05, 4.69) is 15.3 Å². The Morgan fingerprint density at radius 3 is 2.36 bits per heavy atom. The van der Waals surface area contributed by atoms with Gasteiger partial charge >= 0.3 is 6.09 Å². The summed E-state index contributed by atoms with van der Waals surface area (Å²) >= 11 is 0. The van der Waals surface area contributed by atoms with Gasteiger partial charge in [-0.3, -0.25) is 14.9 Å². The highest BCUT2D eigenvalue weighted by atomic mass is 16.6. The predicted octanol–water partition coefficient (Wildman–Crippen LogP) is 4.50. The van der Waals surface area contributed by atoms with Gasteiger partial charge in [0, 0.05) is 37.7 Å². The van der Waals surface area contributed by atoms with Crippen molar-refractivity contribution in [2.75, 3.05) is 39.3 Å². The lowest BCUT2D eigenvalue weighted by Gasteiger charge is -2.34. The normalized spacial score (nSPS) is 17.2. The van der Waals surface area contributed by atoms with E-state index >= 15 is 0 Å². The molecule has 2 fully saturated rings. The second-order valence-electron chi connectivity index (χ2n) is 11.4. The van der Waals surface area contributed by atoms with E-state index < -0.39 is 10.5 Å². The summed E-state index contributed by atoms with van der Waals surface area (Å²) in [6.07, 6.45) is 7.19. The maximum absolute atomic E-state index is 13.3. The largest absolute Gasteiger partial charge is 0.444 e. The van der Waals surface area contributed by atoms with Crippen LogP contribution in [0.15, 0.2) is 30.5 Å². The number of hydrogen-bond donors (Lipinski definition) is 1. The molecule has 2 aromatic rings. The predicted molar refractivity (Wildman–Crippen MR) is 147 cm³/mol. The number of piperidine rings is 2. The average molecular weight is 541 g/mol. The van der Waals surface area contributed by atoms with Crippen LogP contribution in [0.4, 0.5) is 10.5 Å². The first-order valence-electron chi connectivity index (χ1n) is 13.9. The molecule has 0 radical (unpaired) electrons. The number of carbonyl (C=O) groups excluding carboxylic acids is 2. The van der Waals surface area contributed by atoms with Crippen LogP contribution < -0.4 is 5.32 Å². The van der Waals surface area contributed by atoms with Gasteiger partial charge in [0.25, 0.3) is 11.6 Å². The van der Waals surface area contributed by atoms with E-state index in [4.69, 9.17) is 4.74 Å². The first kappa shape index (κ1) is 28.5. The average Bonchev–Trinajstić information content (AvgIpc) is 3.36. The Kier molecular flexibility index (Phi) is 9.21. The number of benzene rings is 1. The van der Waals surface area contributed by atoms with Crippen LogP contribution in [0, 0.1) is 10.1 Å². The zero-order valence-electron chi connectivity index (χ0n) is 23.2. The first-order chi connectivity index (χ1) is 18.6. The highest BCUT2D eigenvalue weighted by molar-refractivity contribution is 5.95. The van der Waals surface area contributed by atoms with Gasteiger partial charge in [0.15, 0.2) is 0 Å². The first-order valence-corrected chi connectivity index (χ1v) is 13.9. The van der Waals surface area contributed by atoms with Gasteiger partial charge in [-0.25, -0.2) is 9.48 Å². The molecule has 2 aliphatic rings. The third-order valence-corrected chi connectivity index (χ3v) is 7.27. The van der Waals surface area contributed by atoms with E-state index in [-0.39, 0.29) is 23.6 Å². The number of nitrogens with one attached hydrogen (secondary N) is 1. The zero-order chi connectivity index (χ0) is 28.0. The number of nitro groups is 1. The van der Waals surface area contributed by atoms with Crippen LogP contribution in [0.1, 0.15) is 81.3 Å². The van der Waals surface area contributed by atoms with E-state index in [9.17, 15) is 19.7 Å². The summed E-state index contributed by atoms with van der Waals surface area (Å²) in [6, 6.07) is 6.16. The molecule has 11 nitrogen and oxygen atoms in total. The Labute approximate surface area is 229 Å². The van der Waals surface area contributed by atoms with Crippen molar-refractivity contribution in [3.63, 3.8) is 0 Å². The van der Waals surface area contributed by atoms with E-state index in [1.54, 1.807) is 27.9 Å². The molecule has 0 atom stereocenters. The minimum Gasteiger partial charge on any atom is -0.444 e. The molecule has 2 aliphatic heterocycles. The molecule has 212 valence electrons. The molecule has 0 unspecified atom stereocenters. The molecule has 2 saturated heterocycles. The van der Waals surface area contributed by atoms with Crippen molar-refractivity contribution in [3.05, 3.63) is 51.8 Å². The summed E-state index contributed by atoms with van der Waals surface area (Å²) in [5.74, 6) is -0.193. The van der Waals surface area contributed by atoms with Crippen molar-refractivity contribution < 1.29 is 19.2 Å². The van der Waals surface area contributed by atoms with Gasteiger partial charge in [0.1, 0.15) is 5.60 Å². The molecule has 1 N–H and O–H groups in total. The monoisotopic (exact) mass is 540 g/mol. The number of amides is 2. The van der Waals surface area contributed by atoms with Crippen molar-refractivity contribution in [2.45, 2.75) is 70.8 Å². The summed E-state index contributed by atoms with van der Waals surface area (Å²) in [4.78, 5) is 40.8. The van der Waals surface area contributed by atoms with E-state index in [1.165, 1.54) is 31.4 Å². The summed E-state index contributed by atoms with van der Waals surface area (Å²) in [6.45, 7) is 10.3. The summed E-state index contributed by atoms with van der Waals surface area (Å²) in [5.41, 5.74) is 1.34. The van der Waals surface area contributed by atoms with Crippen LogP contribution in [0.5, 0.6) is 0 Å². The number of carbonyl (C=O) groups is 2. The van der Waals surface area contributed by atoms with Crippen LogP contribution in [-0.2, 0) is 4.74 Å². The van der Waals surface area contributed by atoms with Crippen LogP contribution in [-0.4, -0.2) is 81.4 Å². The third-order valence-electron chi connectivity index (χ3n) is 7.27. The minimum absolute atomic E-state index is 0.00945. The molecular formula is C28H40N6O5. The fourth-order valence-corrected chi connectivity index (χ4v) is 5.29. The van der Waals surface area contributed by atoms with Gasteiger partial charge in [0.05, 0.1) is 28.1 Å². The molecule has 0 aliphatic carbocycles. The molecule has 1 aromatic carbocycles. The number of likely N-dealkylation sites (tertiary alicyclic amines) is 2. The highest BCUT2D eigenvalue weighted by Gasteiger charge is 2.32. The Hall–Kier alpha value is -3.47. The third kappa shape index (κ3) is 7.56. The highest BCUT2D eigenvalue weighted by Crippen LogP contribution is 2.33. The second-order valence-corrected chi connectivity index (χ2v) is 11.4. The fourth-order valence-electron chi connectivity index (χ4n) is 5.29. The Balaban J connectivity index is 1.48. The topological polar surface area (TPSA) is 123 Å². The lowest BCUT2D eigenvalue weighted by Crippen LogP contribution is -2.41. The van der Waals surface area contributed by atoms with Crippen molar-refractivity contribution in [3.8, 4) is 5.69 Å². The number of non-ortho nitro benzene ring substituents is 1. The molecule has 2 amide bonds. The van der Waals surface area contributed by atoms with Crippen LogP contribution in [0.2, 0.25) is 0 Å². The van der Waals surface area contributed by atoms with E-state index in [0.717, 1.165) is 31.7 Å². The number of hydrogen-bond acceptors (Lipinski definition) is 7. The van der Waals surface area contributed by atoms with Gasteiger partial charge < -0.3 is 19.9 Å². The van der Waals surface area contributed by atoms with Gasteiger partial charge in [-0.2, -0.15) is 5.10 Å². The molecule has 0 spiro atoms. The molecule has 39 heavy (non-hydrogen) atoms. The number of nitro benzene ring substituents is 1. The number of nitrogens with zero attached hydrogens (tertiary/aromatic N) is 5. The molecule has 0 saturated carbocycles. The Morgan fingerprint density at radius 1 is 1.08 bits per heavy atom. The molecule has 0 bridgehead atoms. The zero-order valence-corrected chi connectivity index (χ0v) is 23.2. The lowest BCUT2D eigenvalue weighted by molar-refractivity contribution is -0.384. The minimum atomic E-state index is -0.568. The van der Waals surface area contributed by atoms with Crippen LogP contribution in [0.25, 0.3) is 5.69 Å². The van der Waals surface area contributed by atoms with Gasteiger partial charge in [-0.15, -0.1) is 0 Å². The summed E-state index contributed by atoms with van der Waals surface area (Å²) in [7, 11) is 0. The molecule has 11 heteroatoms. The number of rotatable bonds is 8. The fraction of sp³-hybridized carbons (Fsp3) is 0.607. The SMILES string of the molecule is CC(C)(C)OC(=O)N1CCC(c2c(C(=O)NCCCN3CCCCC3)cnn2-c2ccc([N+](=O)[O-])cc2)CC1. The van der Waals surface area contributed by atoms with Crippen molar-refractivity contribution >= 4 is 17.7 Å². The number of aromatic nitrogens is 2. The molecular weight excluding hydrogens is 500 g/mol. The van der Waals surface area contributed by atoms with Crippen molar-refractivity contribution in [2.24, 2.45) is 0 Å². The van der Waals surface area contributed by atoms with Crippen LogP contribution >= 0.6 is 0 Å². The van der Waals surface area contributed by atoms with Crippen molar-refractivity contribution in [1.82, 2.24) is 24.9 Å². The lowest BCUT2D eigenvalue weighted by atomic mass is 9.91. The molecule has 1 aromatic heterocycles. The van der Waals surface area contributed by atoms with E-state index in [0.29, 0.717) is 43.7 Å². The van der Waals surface area contributed by atoms with Crippen molar-refractivity contribution in [1.29, 1.82) is 0 Å². The quantitative estimate of drug-likeness (QED) is 0.297. The van der Waals surface area contributed by atoms with Crippen LogP contribution in [0.3, 0.4) is 0 Å². The summed E-state index contributed by atoms with van der Waals surface area (Å²) < 4.78 is 7.24. The molecule has 4 rings (SSSR count). The smallest absolute Gasteiger partial charge is 0.410 e. The second kappa shape index (κ2) is 12.6. The maximum Gasteiger partial charge on any atom is 0.410 e. The Morgan fingerprint density at radius 2 is 1.74 bits per heavy atom. The maximum atomic E-state index is 13.3. The van der Waals surface area contributed by atoms with Gasteiger partial charge in [-0.05, 0) is 84.6 Å².